The minimum atomic E-state index is -3.73. The highest BCUT2D eigenvalue weighted by molar-refractivity contribution is 7.89. The van der Waals surface area contributed by atoms with Gasteiger partial charge in [-0.25, -0.2) is 13.6 Å². The van der Waals surface area contributed by atoms with Gasteiger partial charge in [0.15, 0.2) is 0 Å². The van der Waals surface area contributed by atoms with Gasteiger partial charge in [0.1, 0.15) is 12.4 Å². The predicted octanol–water partition coefficient (Wildman–Crippen LogP) is 3.50. The Morgan fingerprint density at radius 2 is 1.66 bits per heavy atom. The molecule has 0 bridgehead atoms. The van der Waals surface area contributed by atoms with Crippen LogP contribution < -0.4 is 15.2 Å². The molecule has 3 aromatic rings. The molecule has 0 saturated carbocycles. The molecule has 3 N–H and O–H groups in total. The van der Waals surface area contributed by atoms with E-state index in [1.54, 1.807) is 54.6 Å². The SMILES string of the molecule is NS(=O)(=O)c1ccc(CNC(=O)c2cccc(COc3ccc(Cl)cc3)c2)cc1. The van der Waals surface area contributed by atoms with Crippen LogP contribution in [-0.2, 0) is 23.2 Å². The summed E-state index contributed by atoms with van der Waals surface area (Å²) in [6.07, 6.45) is 0. The van der Waals surface area contributed by atoms with Gasteiger partial charge in [-0.1, -0.05) is 35.9 Å². The van der Waals surface area contributed by atoms with E-state index in [0.717, 1.165) is 11.1 Å². The lowest BCUT2D eigenvalue weighted by Gasteiger charge is -2.09. The molecule has 3 rings (SSSR count). The van der Waals surface area contributed by atoms with Crippen LogP contribution in [0, 0.1) is 0 Å². The first-order chi connectivity index (χ1) is 13.8. The molecule has 0 aliphatic heterocycles. The Balaban J connectivity index is 1.58. The first kappa shape index (κ1) is 20.9. The van der Waals surface area contributed by atoms with E-state index < -0.39 is 10.0 Å². The van der Waals surface area contributed by atoms with Gasteiger partial charge < -0.3 is 10.1 Å². The lowest BCUT2D eigenvalue weighted by Crippen LogP contribution is -2.23. The molecule has 0 saturated heterocycles. The molecule has 1 amide bonds. The highest BCUT2D eigenvalue weighted by Gasteiger charge is 2.09. The Morgan fingerprint density at radius 3 is 2.31 bits per heavy atom. The summed E-state index contributed by atoms with van der Waals surface area (Å²) in [4.78, 5) is 12.5. The van der Waals surface area contributed by atoms with Crippen molar-refractivity contribution in [2.24, 2.45) is 5.14 Å². The molecule has 8 heteroatoms. The third-order valence-corrected chi connectivity index (χ3v) is 5.29. The lowest BCUT2D eigenvalue weighted by atomic mass is 10.1. The summed E-state index contributed by atoms with van der Waals surface area (Å²) >= 11 is 5.85. The third kappa shape index (κ3) is 6.05. The van der Waals surface area contributed by atoms with Crippen molar-refractivity contribution in [3.05, 3.63) is 94.5 Å². The van der Waals surface area contributed by atoms with Crippen LogP contribution in [0.25, 0.3) is 0 Å². The second kappa shape index (κ2) is 9.09. The van der Waals surface area contributed by atoms with Crippen molar-refractivity contribution >= 4 is 27.5 Å². The average Bonchev–Trinajstić information content (AvgIpc) is 2.71. The summed E-state index contributed by atoms with van der Waals surface area (Å²) in [5.74, 6) is 0.445. The van der Waals surface area contributed by atoms with Crippen LogP contribution in [0.3, 0.4) is 0 Å². The molecule has 6 nitrogen and oxygen atoms in total. The fraction of sp³-hybridized carbons (Fsp3) is 0.0952. The van der Waals surface area contributed by atoms with E-state index in [1.165, 1.54) is 12.1 Å². The molecule has 0 atom stereocenters. The Kier molecular flexibility index (Phi) is 6.53. The number of carbonyl (C=O) groups excluding carboxylic acids is 1. The van der Waals surface area contributed by atoms with Crippen LogP contribution in [0.5, 0.6) is 5.75 Å². The summed E-state index contributed by atoms with van der Waals surface area (Å²) in [6.45, 7) is 0.576. The van der Waals surface area contributed by atoms with E-state index >= 15 is 0 Å². The Hall–Kier alpha value is -2.87. The third-order valence-electron chi connectivity index (χ3n) is 4.11. The Bertz CT molecular complexity index is 1100. The summed E-state index contributed by atoms with van der Waals surface area (Å²) in [5.41, 5.74) is 2.11. The number of nitrogens with two attached hydrogens (primary N) is 1. The number of carbonyl (C=O) groups is 1. The van der Waals surface area contributed by atoms with Crippen molar-refractivity contribution in [2.45, 2.75) is 18.0 Å². The number of amides is 1. The lowest BCUT2D eigenvalue weighted by molar-refractivity contribution is 0.0950. The zero-order chi connectivity index (χ0) is 20.9. The van der Waals surface area contributed by atoms with Crippen LogP contribution in [0.2, 0.25) is 5.02 Å². The number of primary sulfonamides is 1. The van der Waals surface area contributed by atoms with Crippen LogP contribution in [-0.4, -0.2) is 14.3 Å². The number of sulfonamides is 1. The second-order valence-corrected chi connectivity index (χ2v) is 8.31. The highest BCUT2D eigenvalue weighted by atomic mass is 35.5. The number of ether oxygens (including phenoxy) is 1. The minimum absolute atomic E-state index is 0.0287. The van der Waals surface area contributed by atoms with Gasteiger partial charge in [-0.15, -0.1) is 0 Å². The summed E-state index contributed by atoms with van der Waals surface area (Å²) < 4.78 is 28.3. The van der Waals surface area contributed by atoms with Crippen LogP contribution in [0.15, 0.2) is 77.7 Å². The van der Waals surface area contributed by atoms with Gasteiger partial charge in [0.2, 0.25) is 10.0 Å². The van der Waals surface area contributed by atoms with Crippen molar-refractivity contribution in [1.29, 1.82) is 0 Å². The van der Waals surface area contributed by atoms with Crippen LogP contribution >= 0.6 is 11.6 Å². The Labute approximate surface area is 174 Å². The first-order valence-corrected chi connectivity index (χ1v) is 10.6. The highest BCUT2D eigenvalue weighted by Crippen LogP contribution is 2.17. The van der Waals surface area contributed by atoms with Crippen molar-refractivity contribution in [1.82, 2.24) is 5.32 Å². The van der Waals surface area contributed by atoms with Gasteiger partial charge in [-0.05, 0) is 59.7 Å². The molecule has 0 spiro atoms. The van der Waals surface area contributed by atoms with E-state index in [-0.39, 0.29) is 17.3 Å². The summed E-state index contributed by atoms with van der Waals surface area (Å²) in [5, 5.41) is 8.51. The van der Waals surface area contributed by atoms with Crippen molar-refractivity contribution < 1.29 is 17.9 Å². The molecule has 3 aromatic carbocycles. The zero-order valence-electron chi connectivity index (χ0n) is 15.3. The molecule has 0 radical (unpaired) electrons. The number of hydrogen-bond donors (Lipinski definition) is 2. The smallest absolute Gasteiger partial charge is 0.251 e. The van der Waals surface area contributed by atoms with Gasteiger partial charge in [-0.2, -0.15) is 0 Å². The number of halogens is 1. The van der Waals surface area contributed by atoms with Gasteiger partial charge in [0.25, 0.3) is 5.91 Å². The molecular formula is C21H19ClN2O4S. The van der Waals surface area contributed by atoms with Gasteiger partial charge in [-0.3, -0.25) is 4.79 Å². The Morgan fingerprint density at radius 1 is 0.966 bits per heavy atom. The van der Waals surface area contributed by atoms with Crippen molar-refractivity contribution in [3.8, 4) is 5.75 Å². The van der Waals surface area contributed by atoms with E-state index in [9.17, 15) is 13.2 Å². The van der Waals surface area contributed by atoms with Gasteiger partial charge >= 0.3 is 0 Å². The second-order valence-electron chi connectivity index (χ2n) is 6.31. The van der Waals surface area contributed by atoms with Gasteiger partial charge in [0, 0.05) is 17.1 Å². The number of nitrogens with one attached hydrogen (secondary N) is 1. The maximum atomic E-state index is 12.4. The molecule has 0 aromatic heterocycles. The largest absolute Gasteiger partial charge is 0.489 e. The van der Waals surface area contributed by atoms with Crippen LogP contribution in [0.4, 0.5) is 0 Å². The quantitative estimate of drug-likeness (QED) is 0.599. The molecule has 150 valence electrons. The maximum Gasteiger partial charge on any atom is 0.251 e. The fourth-order valence-corrected chi connectivity index (χ4v) is 3.22. The molecule has 0 fully saturated rings. The molecular weight excluding hydrogens is 412 g/mol. The van der Waals surface area contributed by atoms with Gasteiger partial charge in [0.05, 0.1) is 4.90 Å². The number of hydrogen-bond acceptors (Lipinski definition) is 4. The molecule has 0 heterocycles. The molecule has 0 aliphatic carbocycles. The van der Waals surface area contributed by atoms with E-state index in [2.05, 4.69) is 5.32 Å². The predicted molar refractivity (Wildman–Crippen MR) is 111 cm³/mol. The summed E-state index contributed by atoms with van der Waals surface area (Å²) in [7, 11) is -3.73. The molecule has 0 unspecified atom stereocenters. The minimum Gasteiger partial charge on any atom is -0.489 e. The van der Waals surface area contributed by atoms with Crippen molar-refractivity contribution in [2.75, 3.05) is 0 Å². The fourth-order valence-electron chi connectivity index (χ4n) is 2.58. The van der Waals surface area contributed by atoms with Crippen molar-refractivity contribution in [3.63, 3.8) is 0 Å². The topological polar surface area (TPSA) is 98.5 Å². The molecule has 29 heavy (non-hydrogen) atoms. The maximum absolute atomic E-state index is 12.4. The monoisotopic (exact) mass is 430 g/mol. The van der Waals surface area contributed by atoms with E-state index in [0.29, 0.717) is 22.9 Å². The normalized spacial score (nSPS) is 11.1. The zero-order valence-corrected chi connectivity index (χ0v) is 16.9. The van der Waals surface area contributed by atoms with E-state index in [4.69, 9.17) is 21.5 Å². The number of rotatable bonds is 7. The molecule has 0 aliphatic rings. The standard InChI is InChI=1S/C21H19ClN2O4S/c22-18-6-8-19(9-7-18)28-14-16-2-1-3-17(12-16)21(25)24-13-15-4-10-20(11-5-15)29(23,26)27/h1-12H,13-14H2,(H,24,25)(H2,23,26,27). The van der Waals surface area contributed by atoms with E-state index in [1.807, 2.05) is 6.07 Å². The first-order valence-electron chi connectivity index (χ1n) is 8.68. The van der Waals surface area contributed by atoms with Crippen LogP contribution in [0.1, 0.15) is 21.5 Å². The average molecular weight is 431 g/mol. The summed E-state index contributed by atoms with van der Waals surface area (Å²) in [6, 6.07) is 20.2. The number of benzene rings is 3.